The van der Waals surface area contributed by atoms with E-state index in [1.54, 1.807) is 13.0 Å². The fourth-order valence-electron chi connectivity index (χ4n) is 1.31. The van der Waals surface area contributed by atoms with E-state index in [0.29, 0.717) is 18.0 Å². The van der Waals surface area contributed by atoms with E-state index < -0.39 is 6.10 Å². The molecule has 1 unspecified atom stereocenters. The normalized spacial score (nSPS) is 12.2. The molecule has 1 rings (SSSR count). The number of nitrogens with two attached hydrogens (primary N) is 1. The van der Waals surface area contributed by atoms with Crippen LogP contribution >= 0.6 is 27.7 Å². The van der Waals surface area contributed by atoms with Crippen LogP contribution in [0.1, 0.15) is 13.3 Å². The number of aliphatic hydroxyl groups is 1. The molecule has 0 spiro atoms. The maximum Gasteiger partial charge on any atom is 0.308 e. The highest BCUT2D eigenvalue weighted by Gasteiger charge is 2.12. The first-order valence-corrected chi connectivity index (χ1v) is 7.32. The molecule has 0 aliphatic carbocycles. The Kier molecular flexibility index (Phi) is 6.52. The van der Waals surface area contributed by atoms with Crippen molar-refractivity contribution in [2.24, 2.45) is 0 Å². The Morgan fingerprint density at radius 2 is 2.33 bits per heavy atom. The molecule has 1 aromatic rings. The third kappa shape index (κ3) is 5.29. The summed E-state index contributed by atoms with van der Waals surface area (Å²) >= 11 is 4.75. The summed E-state index contributed by atoms with van der Waals surface area (Å²) in [5.74, 6) is 0.0272. The van der Waals surface area contributed by atoms with Gasteiger partial charge in [0.2, 0.25) is 0 Å². The zero-order valence-electron chi connectivity index (χ0n) is 10.1. The van der Waals surface area contributed by atoms with Gasteiger partial charge in [-0.3, -0.25) is 4.79 Å². The molecule has 0 aliphatic rings. The lowest BCUT2D eigenvalue weighted by molar-refractivity contribution is -0.144. The number of thioether (sulfide) groups is 1. The summed E-state index contributed by atoms with van der Waals surface area (Å²) in [6, 6.07) is 5.57. The quantitative estimate of drug-likeness (QED) is 0.475. The van der Waals surface area contributed by atoms with Gasteiger partial charge in [0.15, 0.2) is 0 Å². The number of anilines is 1. The molecule has 0 bridgehead atoms. The van der Waals surface area contributed by atoms with Crippen LogP contribution in [0.3, 0.4) is 0 Å². The van der Waals surface area contributed by atoms with Gasteiger partial charge in [0.25, 0.3) is 0 Å². The molecule has 18 heavy (non-hydrogen) atoms. The molecule has 3 N–H and O–H groups in total. The van der Waals surface area contributed by atoms with Gasteiger partial charge in [-0.05, 0) is 25.1 Å². The molecule has 0 aromatic heterocycles. The highest BCUT2D eigenvalue weighted by Crippen LogP contribution is 2.28. The van der Waals surface area contributed by atoms with Gasteiger partial charge in [0, 0.05) is 20.8 Å². The number of esters is 1. The SMILES string of the molecule is CCOC(=O)CC(O)CSc1ccc(Br)cc1N. The summed E-state index contributed by atoms with van der Waals surface area (Å²) in [5.41, 5.74) is 6.48. The van der Waals surface area contributed by atoms with E-state index in [2.05, 4.69) is 15.9 Å². The Morgan fingerprint density at radius 1 is 1.61 bits per heavy atom. The largest absolute Gasteiger partial charge is 0.466 e. The average molecular weight is 334 g/mol. The monoisotopic (exact) mass is 333 g/mol. The molecule has 6 heteroatoms. The summed E-state index contributed by atoms with van der Waals surface area (Å²) < 4.78 is 5.68. The van der Waals surface area contributed by atoms with Crippen molar-refractivity contribution < 1.29 is 14.6 Å². The molecule has 1 aromatic carbocycles. The molecule has 0 fully saturated rings. The minimum absolute atomic E-state index is 0.0112. The fourth-order valence-corrected chi connectivity index (χ4v) is 2.57. The maximum absolute atomic E-state index is 11.2. The molecule has 0 radical (unpaired) electrons. The lowest BCUT2D eigenvalue weighted by Gasteiger charge is -2.10. The first-order chi connectivity index (χ1) is 8.52. The van der Waals surface area contributed by atoms with Crippen molar-refractivity contribution in [3.8, 4) is 0 Å². The predicted molar refractivity (Wildman–Crippen MR) is 76.5 cm³/mol. The van der Waals surface area contributed by atoms with Crippen LogP contribution in [0.15, 0.2) is 27.6 Å². The molecule has 4 nitrogen and oxygen atoms in total. The number of nitrogen functional groups attached to an aromatic ring is 1. The molecule has 0 heterocycles. The minimum Gasteiger partial charge on any atom is -0.466 e. The molecular formula is C12H16BrNO3S. The van der Waals surface area contributed by atoms with Gasteiger partial charge in [-0.2, -0.15) is 0 Å². The average Bonchev–Trinajstić information content (AvgIpc) is 2.28. The summed E-state index contributed by atoms with van der Waals surface area (Å²) in [6.07, 6.45) is -0.714. The predicted octanol–water partition coefficient (Wildman–Crippen LogP) is 2.44. The number of halogens is 1. The molecule has 0 saturated carbocycles. The van der Waals surface area contributed by atoms with E-state index in [0.717, 1.165) is 9.37 Å². The summed E-state index contributed by atoms with van der Waals surface area (Å²) in [4.78, 5) is 12.0. The van der Waals surface area contributed by atoms with Crippen LogP contribution in [0.4, 0.5) is 5.69 Å². The Bertz CT molecular complexity index is 414. The first-order valence-electron chi connectivity index (χ1n) is 5.54. The smallest absolute Gasteiger partial charge is 0.308 e. The second-order valence-corrected chi connectivity index (χ2v) is 5.63. The second-order valence-electron chi connectivity index (χ2n) is 3.66. The fraction of sp³-hybridized carbons (Fsp3) is 0.417. The summed E-state index contributed by atoms with van der Waals surface area (Å²) in [5, 5.41) is 9.68. The molecule has 0 amide bonds. The number of hydrogen-bond donors (Lipinski definition) is 2. The van der Waals surface area contributed by atoms with Crippen LogP contribution < -0.4 is 5.73 Å². The van der Waals surface area contributed by atoms with Gasteiger partial charge in [0.05, 0.1) is 19.1 Å². The van der Waals surface area contributed by atoms with Gasteiger partial charge >= 0.3 is 5.97 Å². The Labute approximate surface area is 119 Å². The van der Waals surface area contributed by atoms with Crippen LogP contribution in [0.5, 0.6) is 0 Å². The minimum atomic E-state index is -0.725. The maximum atomic E-state index is 11.2. The molecular weight excluding hydrogens is 318 g/mol. The van der Waals surface area contributed by atoms with E-state index in [1.165, 1.54) is 11.8 Å². The van der Waals surface area contributed by atoms with Gasteiger partial charge in [-0.25, -0.2) is 0 Å². The highest BCUT2D eigenvalue weighted by molar-refractivity contribution is 9.10. The third-order valence-corrected chi connectivity index (χ3v) is 3.84. The van der Waals surface area contributed by atoms with Crippen molar-refractivity contribution in [3.05, 3.63) is 22.7 Å². The van der Waals surface area contributed by atoms with E-state index >= 15 is 0 Å². The Balaban J connectivity index is 2.42. The van der Waals surface area contributed by atoms with Crippen LogP contribution in [0.2, 0.25) is 0 Å². The van der Waals surface area contributed by atoms with E-state index in [9.17, 15) is 9.90 Å². The number of aliphatic hydroxyl groups excluding tert-OH is 1. The third-order valence-electron chi connectivity index (χ3n) is 2.11. The number of hydrogen-bond acceptors (Lipinski definition) is 5. The van der Waals surface area contributed by atoms with Gasteiger partial charge in [-0.1, -0.05) is 15.9 Å². The Hall–Kier alpha value is -0.720. The highest BCUT2D eigenvalue weighted by atomic mass is 79.9. The summed E-state index contributed by atoms with van der Waals surface area (Å²) in [7, 11) is 0. The van der Waals surface area contributed by atoms with Gasteiger partial charge < -0.3 is 15.6 Å². The zero-order valence-corrected chi connectivity index (χ0v) is 12.5. The first kappa shape index (κ1) is 15.3. The lowest BCUT2D eigenvalue weighted by atomic mass is 10.3. The lowest BCUT2D eigenvalue weighted by Crippen LogP contribution is -2.17. The van der Waals surface area contributed by atoms with Crippen molar-refractivity contribution >= 4 is 39.3 Å². The topological polar surface area (TPSA) is 72.5 Å². The van der Waals surface area contributed by atoms with Crippen LogP contribution in [-0.4, -0.2) is 29.5 Å². The number of benzene rings is 1. The zero-order chi connectivity index (χ0) is 13.5. The van der Waals surface area contributed by atoms with Crippen molar-refractivity contribution in [2.45, 2.75) is 24.3 Å². The number of ether oxygens (including phenoxy) is 1. The number of carbonyl (C=O) groups is 1. The molecule has 100 valence electrons. The molecule has 0 saturated heterocycles. The van der Waals surface area contributed by atoms with Gasteiger partial charge in [0.1, 0.15) is 0 Å². The molecule has 1 atom stereocenters. The summed E-state index contributed by atoms with van der Waals surface area (Å²) in [6.45, 7) is 2.07. The van der Waals surface area contributed by atoms with Crippen molar-refractivity contribution in [3.63, 3.8) is 0 Å². The Morgan fingerprint density at radius 3 is 2.94 bits per heavy atom. The van der Waals surface area contributed by atoms with Crippen LogP contribution in [0.25, 0.3) is 0 Å². The van der Waals surface area contributed by atoms with Crippen molar-refractivity contribution in [1.82, 2.24) is 0 Å². The van der Waals surface area contributed by atoms with Crippen LogP contribution in [-0.2, 0) is 9.53 Å². The van der Waals surface area contributed by atoms with E-state index in [4.69, 9.17) is 10.5 Å². The van der Waals surface area contributed by atoms with Crippen molar-refractivity contribution in [2.75, 3.05) is 18.1 Å². The van der Waals surface area contributed by atoms with Crippen molar-refractivity contribution in [1.29, 1.82) is 0 Å². The van der Waals surface area contributed by atoms with E-state index in [-0.39, 0.29) is 12.4 Å². The number of carbonyl (C=O) groups excluding carboxylic acids is 1. The van der Waals surface area contributed by atoms with E-state index in [1.807, 2.05) is 12.1 Å². The van der Waals surface area contributed by atoms with Gasteiger partial charge in [-0.15, -0.1) is 11.8 Å². The number of rotatable bonds is 6. The van der Waals surface area contributed by atoms with Crippen LogP contribution in [0, 0.1) is 0 Å². The standard InChI is InChI=1S/C12H16BrNO3S/c1-2-17-12(16)6-9(15)7-18-11-4-3-8(13)5-10(11)14/h3-5,9,15H,2,6-7,14H2,1H3. The molecule has 0 aliphatic heterocycles. The second kappa shape index (κ2) is 7.66.